The van der Waals surface area contributed by atoms with Crippen molar-refractivity contribution >= 4 is 17.3 Å². The minimum absolute atomic E-state index is 0.0673. The second kappa shape index (κ2) is 6.46. The molecule has 1 heterocycles. The predicted molar refractivity (Wildman–Crippen MR) is 86.0 cm³/mol. The van der Waals surface area contributed by atoms with Gasteiger partial charge in [-0.1, -0.05) is 17.7 Å². The van der Waals surface area contributed by atoms with Gasteiger partial charge < -0.3 is 5.32 Å². The van der Waals surface area contributed by atoms with Crippen LogP contribution in [0.1, 0.15) is 35.5 Å². The molecule has 0 aliphatic carbocycles. The summed E-state index contributed by atoms with van der Waals surface area (Å²) in [6, 6.07) is 4.95. The molecule has 0 aliphatic heterocycles. The molecule has 0 radical (unpaired) electrons. The molecule has 7 heteroatoms. The molecule has 0 saturated carbocycles. The van der Waals surface area contributed by atoms with Gasteiger partial charge in [0.2, 0.25) is 0 Å². The molecule has 0 aliphatic rings. The van der Waals surface area contributed by atoms with Crippen molar-refractivity contribution in [2.24, 2.45) is 7.05 Å². The van der Waals surface area contributed by atoms with E-state index in [1.165, 1.54) is 6.07 Å². The zero-order valence-electron chi connectivity index (χ0n) is 13.1. The molecule has 1 aromatic carbocycles. The minimum atomic E-state index is -0.468. The summed E-state index contributed by atoms with van der Waals surface area (Å²) >= 11 is 5.82. The van der Waals surface area contributed by atoms with E-state index in [0.29, 0.717) is 6.54 Å². The molecule has 0 spiro atoms. The Morgan fingerprint density at radius 1 is 1.45 bits per heavy atom. The van der Waals surface area contributed by atoms with Gasteiger partial charge in [0, 0.05) is 37.0 Å². The molecule has 6 nitrogen and oxygen atoms in total. The molecular weight excluding hydrogens is 304 g/mol. The Morgan fingerprint density at radius 3 is 2.68 bits per heavy atom. The molecule has 22 heavy (non-hydrogen) atoms. The first-order valence-electron chi connectivity index (χ1n) is 6.97. The number of rotatable bonds is 5. The summed E-state index contributed by atoms with van der Waals surface area (Å²) in [5, 5.41) is 18.9. The summed E-state index contributed by atoms with van der Waals surface area (Å²) in [6.45, 7) is 6.59. The molecule has 2 rings (SSSR count). The van der Waals surface area contributed by atoms with Crippen LogP contribution in [0, 0.1) is 24.0 Å². The lowest BCUT2D eigenvalue weighted by atomic mass is 10.1. The Hall–Kier alpha value is -1.92. The second-order valence-electron chi connectivity index (χ2n) is 5.35. The van der Waals surface area contributed by atoms with E-state index in [9.17, 15) is 10.1 Å². The van der Waals surface area contributed by atoms with Crippen LogP contribution in [0.2, 0.25) is 5.02 Å². The average Bonchev–Trinajstić information content (AvgIpc) is 2.70. The minimum Gasteiger partial charge on any atom is -0.306 e. The van der Waals surface area contributed by atoms with Gasteiger partial charge in [0.15, 0.2) is 0 Å². The number of aryl methyl sites for hydroxylation is 2. The monoisotopic (exact) mass is 322 g/mol. The first-order chi connectivity index (χ1) is 10.3. The molecular formula is C15H19ClN4O2. The Labute approximate surface area is 134 Å². The highest BCUT2D eigenvalue weighted by Crippen LogP contribution is 2.26. The first-order valence-corrected chi connectivity index (χ1v) is 7.35. The van der Waals surface area contributed by atoms with Crippen LogP contribution in [0.3, 0.4) is 0 Å². The zero-order valence-corrected chi connectivity index (χ0v) is 13.8. The summed E-state index contributed by atoms with van der Waals surface area (Å²) in [5.74, 6) is 0. The van der Waals surface area contributed by atoms with Crippen molar-refractivity contribution in [2.45, 2.75) is 33.4 Å². The summed E-state index contributed by atoms with van der Waals surface area (Å²) in [6.07, 6.45) is 0. The van der Waals surface area contributed by atoms with Gasteiger partial charge in [-0.3, -0.25) is 14.8 Å². The van der Waals surface area contributed by atoms with Crippen molar-refractivity contribution in [2.75, 3.05) is 0 Å². The highest BCUT2D eigenvalue weighted by atomic mass is 35.5. The molecule has 1 atom stereocenters. The van der Waals surface area contributed by atoms with Gasteiger partial charge in [-0.05, 0) is 32.4 Å². The fraction of sp³-hybridized carbons (Fsp3) is 0.400. The summed E-state index contributed by atoms with van der Waals surface area (Å²) in [5.41, 5.74) is 4.01. The van der Waals surface area contributed by atoms with E-state index in [-0.39, 0.29) is 16.8 Å². The molecule has 0 bridgehead atoms. The predicted octanol–water partition coefficient (Wildman–Crippen LogP) is 3.45. The van der Waals surface area contributed by atoms with E-state index in [2.05, 4.69) is 17.3 Å². The van der Waals surface area contributed by atoms with E-state index in [1.807, 2.05) is 25.6 Å². The van der Waals surface area contributed by atoms with Crippen LogP contribution in [-0.2, 0) is 13.6 Å². The van der Waals surface area contributed by atoms with Crippen molar-refractivity contribution in [3.8, 4) is 0 Å². The number of halogens is 1. The quantitative estimate of drug-likeness (QED) is 0.676. The molecule has 0 saturated heterocycles. The molecule has 118 valence electrons. The number of aromatic nitrogens is 2. The maximum atomic E-state index is 10.9. The van der Waals surface area contributed by atoms with Crippen molar-refractivity contribution in [1.82, 2.24) is 15.1 Å². The fourth-order valence-corrected chi connectivity index (χ4v) is 2.78. The molecule has 0 amide bonds. The smallest absolute Gasteiger partial charge is 0.288 e. The maximum absolute atomic E-state index is 10.9. The Balaban J connectivity index is 2.13. The second-order valence-corrected chi connectivity index (χ2v) is 5.76. The van der Waals surface area contributed by atoms with Crippen molar-refractivity contribution < 1.29 is 4.92 Å². The Kier molecular flexibility index (Phi) is 4.83. The number of nitrogens with zero attached hydrogens (tertiary/aromatic N) is 3. The van der Waals surface area contributed by atoms with Gasteiger partial charge in [0.05, 0.1) is 10.6 Å². The number of hydrogen-bond acceptors (Lipinski definition) is 4. The molecule has 0 unspecified atom stereocenters. The third kappa shape index (κ3) is 3.28. The van der Waals surface area contributed by atoms with E-state index >= 15 is 0 Å². The Morgan fingerprint density at radius 2 is 2.14 bits per heavy atom. The lowest BCUT2D eigenvalue weighted by molar-refractivity contribution is -0.384. The number of nitro groups is 1. The van der Waals surface area contributed by atoms with Crippen LogP contribution in [0.15, 0.2) is 18.2 Å². The molecule has 1 aromatic heterocycles. The largest absolute Gasteiger partial charge is 0.306 e. The Bertz CT molecular complexity index is 712. The highest BCUT2D eigenvalue weighted by molar-refractivity contribution is 6.32. The normalized spacial score (nSPS) is 12.4. The van der Waals surface area contributed by atoms with E-state index in [1.54, 1.807) is 12.1 Å². The van der Waals surface area contributed by atoms with Gasteiger partial charge in [0.1, 0.15) is 5.02 Å². The number of nitrogens with one attached hydrogen (secondary N) is 1. The number of benzene rings is 1. The van der Waals surface area contributed by atoms with Gasteiger partial charge >= 0.3 is 0 Å². The third-order valence-electron chi connectivity index (χ3n) is 3.82. The maximum Gasteiger partial charge on any atom is 0.288 e. The topological polar surface area (TPSA) is 73.0 Å². The zero-order chi connectivity index (χ0) is 16.4. The van der Waals surface area contributed by atoms with Gasteiger partial charge in [-0.15, -0.1) is 0 Å². The van der Waals surface area contributed by atoms with Crippen LogP contribution in [0.5, 0.6) is 0 Å². The van der Waals surface area contributed by atoms with Gasteiger partial charge in [-0.25, -0.2) is 0 Å². The number of hydrogen-bond donors (Lipinski definition) is 1. The molecule has 2 aromatic rings. The standard InChI is InChI=1S/C15H19ClN4O2/c1-9(15-10(2)18-19(4)11(15)3)17-8-12-5-6-13(16)14(7-12)20(21)22/h5-7,9,17H,8H2,1-4H3/t9-/m1/s1. The van der Waals surface area contributed by atoms with Crippen molar-refractivity contribution in [1.29, 1.82) is 0 Å². The molecule has 0 fully saturated rings. The lowest BCUT2D eigenvalue weighted by Crippen LogP contribution is -2.19. The van der Waals surface area contributed by atoms with E-state index in [4.69, 9.17) is 11.6 Å². The summed E-state index contributed by atoms with van der Waals surface area (Å²) in [4.78, 5) is 10.4. The lowest BCUT2D eigenvalue weighted by Gasteiger charge is -2.15. The summed E-state index contributed by atoms with van der Waals surface area (Å²) < 4.78 is 1.86. The van der Waals surface area contributed by atoms with E-state index in [0.717, 1.165) is 22.5 Å². The van der Waals surface area contributed by atoms with Crippen molar-refractivity contribution in [3.63, 3.8) is 0 Å². The van der Waals surface area contributed by atoms with Crippen LogP contribution >= 0.6 is 11.6 Å². The highest BCUT2D eigenvalue weighted by Gasteiger charge is 2.17. The van der Waals surface area contributed by atoms with Crippen LogP contribution in [-0.4, -0.2) is 14.7 Å². The van der Waals surface area contributed by atoms with Crippen LogP contribution in [0.25, 0.3) is 0 Å². The molecule has 1 N–H and O–H groups in total. The van der Waals surface area contributed by atoms with Crippen LogP contribution in [0.4, 0.5) is 5.69 Å². The van der Waals surface area contributed by atoms with Gasteiger partial charge in [-0.2, -0.15) is 5.10 Å². The third-order valence-corrected chi connectivity index (χ3v) is 4.14. The first kappa shape index (κ1) is 16.5. The SMILES string of the molecule is Cc1nn(C)c(C)c1[C@@H](C)NCc1ccc(Cl)c([N+](=O)[O-])c1. The van der Waals surface area contributed by atoms with Crippen molar-refractivity contribution in [3.05, 3.63) is 55.9 Å². The van der Waals surface area contributed by atoms with Crippen LogP contribution < -0.4 is 5.32 Å². The van der Waals surface area contributed by atoms with Gasteiger partial charge in [0.25, 0.3) is 5.69 Å². The number of nitro benzene ring substituents is 1. The summed E-state index contributed by atoms with van der Waals surface area (Å²) in [7, 11) is 1.92. The van der Waals surface area contributed by atoms with E-state index < -0.39 is 4.92 Å². The average molecular weight is 323 g/mol. The fourth-order valence-electron chi connectivity index (χ4n) is 2.60.